The van der Waals surface area contributed by atoms with Gasteiger partial charge in [-0.1, -0.05) is 0 Å². The molecule has 0 bridgehead atoms. The number of ether oxygens (including phenoxy) is 2. The summed E-state index contributed by atoms with van der Waals surface area (Å²) in [5.41, 5.74) is 0. The summed E-state index contributed by atoms with van der Waals surface area (Å²) in [5, 5.41) is 0. The third-order valence-electron chi connectivity index (χ3n) is 2.87. The van der Waals surface area contributed by atoms with E-state index in [-0.39, 0.29) is 32.1 Å². The first kappa shape index (κ1) is 15.9. The van der Waals surface area contributed by atoms with Gasteiger partial charge >= 0.3 is 5.97 Å². The molecule has 19 heavy (non-hydrogen) atoms. The van der Waals surface area contributed by atoms with E-state index in [1.165, 1.54) is 19.1 Å². The molecule has 0 aromatic carbocycles. The number of piperazine rings is 1. The molecule has 110 valence electrons. The highest BCUT2D eigenvalue weighted by Gasteiger charge is 2.38. The van der Waals surface area contributed by atoms with Crippen molar-refractivity contribution in [3.05, 3.63) is 0 Å². The minimum Gasteiger partial charge on any atom is -0.467 e. The van der Waals surface area contributed by atoms with Crippen LogP contribution in [0.5, 0.6) is 0 Å². The van der Waals surface area contributed by atoms with Crippen LogP contribution in [0.25, 0.3) is 0 Å². The summed E-state index contributed by atoms with van der Waals surface area (Å²) >= 11 is 0. The Balaban J connectivity index is 2.90. The molecule has 9 heteroatoms. The highest BCUT2D eigenvalue weighted by atomic mass is 32.2. The fourth-order valence-electron chi connectivity index (χ4n) is 1.90. The van der Waals surface area contributed by atoms with Crippen LogP contribution < -0.4 is 0 Å². The van der Waals surface area contributed by atoms with Crippen LogP contribution >= 0.6 is 0 Å². The Labute approximate surface area is 112 Å². The number of hydrogen-bond acceptors (Lipinski definition) is 6. The lowest BCUT2D eigenvalue weighted by Gasteiger charge is -2.38. The summed E-state index contributed by atoms with van der Waals surface area (Å²) in [6.45, 7) is 0.0319. The predicted molar refractivity (Wildman–Crippen MR) is 65.8 cm³/mol. The fourth-order valence-corrected chi connectivity index (χ4v) is 2.73. The molecule has 8 nitrogen and oxygen atoms in total. The molecule has 0 saturated carbocycles. The van der Waals surface area contributed by atoms with Crippen LogP contribution in [0, 0.1) is 0 Å². The predicted octanol–water partition coefficient (Wildman–Crippen LogP) is -1.72. The van der Waals surface area contributed by atoms with E-state index in [2.05, 4.69) is 4.74 Å². The smallest absolute Gasteiger partial charge is 0.329 e. The molecule has 1 aliphatic heterocycles. The van der Waals surface area contributed by atoms with Crippen LogP contribution in [0.3, 0.4) is 0 Å². The summed E-state index contributed by atoms with van der Waals surface area (Å²) in [6.07, 6.45) is 1.06. The van der Waals surface area contributed by atoms with E-state index in [1.54, 1.807) is 0 Å². The van der Waals surface area contributed by atoms with Gasteiger partial charge in [-0.15, -0.1) is 0 Å². The molecule has 1 saturated heterocycles. The Morgan fingerprint density at radius 2 is 1.89 bits per heavy atom. The molecule has 0 unspecified atom stereocenters. The monoisotopic (exact) mass is 294 g/mol. The third kappa shape index (κ3) is 3.88. The van der Waals surface area contributed by atoms with Crippen LogP contribution in [0.4, 0.5) is 0 Å². The Morgan fingerprint density at radius 1 is 1.26 bits per heavy atom. The van der Waals surface area contributed by atoms with Gasteiger partial charge in [0.15, 0.2) is 0 Å². The molecule has 0 N–H and O–H groups in total. The maximum Gasteiger partial charge on any atom is 0.329 e. The summed E-state index contributed by atoms with van der Waals surface area (Å²) in [5.74, 6) is -1.01. The Bertz CT molecular complexity index is 449. The van der Waals surface area contributed by atoms with Gasteiger partial charge in [-0.3, -0.25) is 4.79 Å². The number of carbonyl (C=O) groups excluding carboxylic acids is 2. The molecular weight excluding hydrogens is 276 g/mol. The molecule has 1 rings (SSSR count). The van der Waals surface area contributed by atoms with Gasteiger partial charge in [-0.2, -0.15) is 4.31 Å². The highest BCUT2D eigenvalue weighted by molar-refractivity contribution is 7.88. The number of hydrogen-bond donors (Lipinski definition) is 0. The molecular formula is C10H18N2O6S. The number of amides is 1. The van der Waals surface area contributed by atoms with E-state index in [4.69, 9.17) is 4.74 Å². The van der Waals surface area contributed by atoms with Crippen molar-refractivity contribution in [3.8, 4) is 0 Å². The summed E-state index contributed by atoms with van der Waals surface area (Å²) in [6, 6.07) is -0.934. The second-order valence-corrected chi connectivity index (χ2v) is 6.16. The molecule has 1 amide bonds. The molecule has 0 aliphatic carbocycles. The van der Waals surface area contributed by atoms with Gasteiger partial charge in [0.2, 0.25) is 15.9 Å². The molecule has 1 aliphatic rings. The lowest BCUT2D eigenvalue weighted by atomic mass is 10.2. The second-order valence-electron chi connectivity index (χ2n) is 4.18. The quantitative estimate of drug-likeness (QED) is 0.573. The number of rotatable bonds is 4. The highest BCUT2D eigenvalue weighted by Crippen LogP contribution is 2.14. The van der Waals surface area contributed by atoms with Crippen molar-refractivity contribution >= 4 is 21.9 Å². The maximum atomic E-state index is 11.8. The Kier molecular flexibility index (Phi) is 5.27. The standard InChI is InChI=1S/C10H18N2O6S/c1-17-7-9(13)12-5-4-11(19(3,15)16)6-8(12)10(14)18-2/h8H,4-7H2,1-3H3/t8-/m1/s1. The molecule has 0 spiro atoms. The average Bonchev–Trinajstić information content (AvgIpc) is 2.36. The minimum absolute atomic E-state index is 0.0963. The lowest BCUT2D eigenvalue weighted by molar-refractivity contribution is -0.156. The van der Waals surface area contributed by atoms with Crippen LogP contribution in [0.15, 0.2) is 0 Å². The van der Waals surface area contributed by atoms with Gasteiger partial charge in [0.1, 0.15) is 12.6 Å². The average molecular weight is 294 g/mol. The summed E-state index contributed by atoms with van der Waals surface area (Å²) in [7, 11) is -0.838. The number of carbonyl (C=O) groups is 2. The van der Waals surface area contributed by atoms with E-state index in [1.807, 2.05) is 0 Å². The van der Waals surface area contributed by atoms with Crippen LogP contribution in [0.2, 0.25) is 0 Å². The largest absolute Gasteiger partial charge is 0.467 e. The number of sulfonamides is 1. The number of methoxy groups -OCH3 is 2. The van der Waals surface area contributed by atoms with Gasteiger partial charge in [0.05, 0.1) is 13.4 Å². The maximum absolute atomic E-state index is 11.8. The normalized spacial score (nSPS) is 21.2. The van der Waals surface area contributed by atoms with Gasteiger partial charge in [-0.25, -0.2) is 13.2 Å². The van der Waals surface area contributed by atoms with E-state index >= 15 is 0 Å². The zero-order chi connectivity index (χ0) is 14.6. The van der Waals surface area contributed by atoms with Crippen molar-refractivity contribution in [1.29, 1.82) is 0 Å². The van der Waals surface area contributed by atoms with E-state index < -0.39 is 22.0 Å². The molecule has 0 radical (unpaired) electrons. The molecule has 0 aromatic heterocycles. The van der Waals surface area contributed by atoms with Crippen molar-refractivity contribution in [2.24, 2.45) is 0 Å². The van der Waals surface area contributed by atoms with Gasteiger partial charge in [0, 0.05) is 26.7 Å². The molecule has 1 fully saturated rings. The SMILES string of the molecule is COCC(=O)N1CCN(S(C)(=O)=O)C[C@@H]1C(=O)OC. The van der Waals surface area contributed by atoms with E-state index in [9.17, 15) is 18.0 Å². The Morgan fingerprint density at radius 3 is 2.37 bits per heavy atom. The summed E-state index contributed by atoms with van der Waals surface area (Å²) in [4.78, 5) is 24.8. The van der Waals surface area contributed by atoms with Crippen LogP contribution in [-0.2, 0) is 29.1 Å². The molecule has 0 aromatic rings. The second kappa shape index (κ2) is 6.31. The first-order valence-electron chi connectivity index (χ1n) is 5.62. The first-order chi connectivity index (χ1) is 8.81. The van der Waals surface area contributed by atoms with Crippen molar-refractivity contribution in [3.63, 3.8) is 0 Å². The van der Waals surface area contributed by atoms with Crippen molar-refractivity contribution in [1.82, 2.24) is 9.21 Å². The fraction of sp³-hybridized carbons (Fsp3) is 0.800. The van der Waals surface area contributed by atoms with E-state index in [0.717, 1.165) is 10.6 Å². The van der Waals surface area contributed by atoms with Crippen molar-refractivity contribution in [2.75, 3.05) is 46.7 Å². The zero-order valence-corrected chi connectivity index (χ0v) is 12.0. The van der Waals surface area contributed by atoms with Crippen molar-refractivity contribution in [2.45, 2.75) is 6.04 Å². The Hall–Kier alpha value is -1.19. The minimum atomic E-state index is -3.41. The van der Waals surface area contributed by atoms with Crippen molar-refractivity contribution < 1.29 is 27.5 Å². The van der Waals surface area contributed by atoms with Crippen LogP contribution in [0.1, 0.15) is 0 Å². The molecule has 1 atom stereocenters. The van der Waals surface area contributed by atoms with Crippen LogP contribution in [-0.4, -0.2) is 82.3 Å². The summed E-state index contributed by atoms with van der Waals surface area (Å²) < 4.78 is 33.5. The number of esters is 1. The topological polar surface area (TPSA) is 93.2 Å². The third-order valence-corrected chi connectivity index (χ3v) is 4.14. The van der Waals surface area contributed by atoms with Gasteiger partial charge in [-0.05, 0) is 0 Å². The number of nitrogens with zero attached hydrogens (tertiary/aromatic N) is 2. The zero-order valence-electron chi connectivity index (χ0n) is 11.2. The first-order valence-corrected chi connectivity index (χ1v) is 7.47. The van der Waals surface area contributed by atoms with Gasteiger partial charge in [0.25, 0.3) is 0 Å². The molecule has 1 heterocycles. The lowest BCUT2D eigenvalue weighted by Crippen LogP contribution is -2.60. The van der Waals surface area contributed by atoms with Gasteiger partial charge < -0.3 is 14.4 Å². The van der Waals surface area contributed by atoms with E-state index in [0.29, 0.717) is 0 Å².